The summed E-state index contributed by atoms with van der Waals surface area (Å²) in [5.41, 5.74) is -0.694. The zero-order valence-corrected chi connectivity index (χ0v) is 16.6. The summed E-state index contributed by atoms with van der Waals surface area (Å²) in [5, 5.41) is 4.92. The fraction of sp³-hybridized carbons (Fsp3) is 0.812. The van der Waals surface area contributed by atoms with Crippen LogP contribution in [0, 0.1) is 5.92 Å². The highest BCUT2D eigenvalue weighted by atomic mass is 32.1. The maximum Gasteiger partial charge on any atom is 0.408 e. The Morgan fingerprint density at radius 3 is 2.08 bits per heavy atom. The lowest BCUT2D eigenvalue weighted by Gasteiger charge is -2.24. The second kappa shape index (κ2) is 11.2. The molecule has 0 rings (SSSR count). The normalized spacial score (nSPS) is 13.8. The molecular weight excluding hydrogens is 348 g/mol. The van der Waals surface area contributed by atoms with Gasteiger partial charge in [0.25, 0.3) is 0 Å². The number of carbonyl (C=O) groups is 3. The van der Waals surface area contributed by atoms with Crippen LogP contribution in [0.15, 0.2) is 0 Å². The van der Waals surface area contributed by atoms with Gasteiger partial charge in [0.15, 0.2) is 6.04 Å². The third-order valence-electron chi connectivity index (χ3n) is 2.73. The molecule has 2 N–H and O–H groups in total. The van der Waals surface area contributed by atoms with Gasteiger partial charge in [-0.3, -0.25) is 4.79 Å². The van der Waals surface area contributed by atoms with Crippen molar-refractivity contribution in [3.63, 3.8) is 0 Å². The molecule has 0 spiro atoms. The van der Waals surface area contributed by atoms with Gasteiger partial charge >= 0.3 is 12.1 Å². The standard InChI is InChI=1S/C16H30N2O6S/c1-10(2)7-23-8-11(14(20)22-6)17-13(19)12(9-25)18-15(21)24-16(3,4)5/h10-12,25H,7-9H2,1-6H3,(H,17,19)(H,18,21). The molecule has 146 valence electrons. The molecule has 0 aliphatic carbocycles. The van der Waals surface area contributed by atoms with Crippen LogP contribution in [0.1, 0.15) is 34.6 Å². The fourth-order valence-electron chi connectivity index (χ4n) is 1.65. The summed E-state index contributed by atoms with van der Waals surface area (Å²) in [6, 6.07) is -1.94. The second-order valence-electron chi connectivity index (χ2n) is 6.90. The minimum atomic E-state index is -0.973. The van der Waals surface area contributed by atoms with E-state index in [1.54, 1.807) is 20.8 Å². The summed E-state index contributed by atoms with van der Waals surface area (Å²) in [7, 11) is 1.22. The number of esters is 1. The molecule has 25 heavy (non-hydrogen) atoms. The Balaban J connectivity index is 4.75. The Morgan fingerprint density at radius 1 is 1.04 bits per heavy atom. The van der Waals surface area contributed by atoms with Crippen molar-refractivity contribution in [2.45, 2.75) is 52.3 Å². The Morgan fingerprint density at radius 2 is 1.64 bits per heavy atom. The van der Waals surface area contributed by atoms with E-state index in [-0.39, 0.29) is 18.3 Å². The summed E-state index contributed by atoms with van der Waals surface area (Å²) >= 11 is 4.06. The molecule has 9 heteroatoms. The maximum atomic E-state index is 12.3. The van der Waals surface area contributed by atoms with Gasteiger partial charge in [-0.1, -0.05) is 13.8 Å². The molecule has 8 nitrogen and oxygen atoms in total. The molecule has 0 aromatic heterocycles. The molecule has 0 bridgehead atoms. The number of thiol groups is 1. The van der Waals surface area contributed by atoms with Crippen LogP contribution in [0.25, 0.3) is 0 Å². The summed E-state index contributed by atoms with van der Waals surface area (Å²) in [6.45, 7) is 9.48. The smallest absolute Gasteiger partial charge is 0.408 e. The van der Waals surface area contributed by atoms with E-state index in [1.807, 2.05) is 13.8 Å². The number of methoxy groups -OCH3 is 1. The van der Waals surface area contributed by atoms with Crippen molar-refractivity contribution in [1.82, 2.24) is 10.6 Å². The summed E-state index contributed by atoms with van der Waals surface area (Å²) in [6.07, 6.45) is -0.743. The number of amides is 2. The summed E-state index contributed by atoms with van der Waals surface area (Å²) in [4.78, 5) is 35.9. The first-order valence-corrected chi connectivity index (χ1v) is 8.69. The second-order valence-corrected chi connectivity index (χ2v) is 7.26. The van der Waals surface area contributed by atoms with Gasteiger partial charge in [0.2, 0.25) is 5.91 Å². The van der Waals surface area contributed by atoms with Crippen molar-refractivity contribution in [1.29, 1.82) is 0 Å². The van der Waals surface area contributed by atoms with Gasteiger partial charge in [-0.25, -0.2) is 9.59 Å². The lowest BCUT2D eigenvalue weighted by Crippen LogP contribution is -2.54. The maximum absolute atomic E-state index is 12.3. The van der Waals surface area contributed by atoms with E-state index in [0.717, 1.165) is 0 Å². The summed E-state index contributed by atoms with van der Waals surface area (Å²) < 4.78 is 15.2. The van der Waals surface area contributed by atoms with Crippen LogP contribution in [0.5, 0.6) is 0 Å². The lowest BCUT2D eigenvalue weighted by atomic mass is 10.2. The molecule has 2 unspecified atom stereocenters. The highest BCUT2D eigenvalue weighted by molar-refractivity contribution is 7.80. The first-order chi connectivity index (χ1) is 11.5. The van der Waals surface area contributed by atoms with E-state index in [4.69, 9.17) is 9.47 Å². The van der Waals surface area contributed by atoms with Gasteiger partial charge in [0.05, 0.1) is 13.7 Å². The van der Waals surface area contributed by atoms with Crippen molar-refractivity contribution in [3.8, 4) is 0 Å². The molecule has 0 aromatic carbocycles. The van der Waals surface area contributed by atoms with Gasteiger partial charge in [0, 0.05) is 12.4 Å². The van der Waals surface area contributed by atoms with Crippen LogP contribution >= 0.6 is 12.6 Å². The van der Waals surface area contributed by atoms with Gasteiger partial charge in [-0.05, 0) is 26.7 Å². The molecule has 0 heterocycles. The van der Waals surface area contributed by atoms with E-state index < -0.39 is 35.7 Å². The largest absolute Gasteiger partial charge is 0.467 e. The van der Waals surface area contributed by atoms with E-state index in [0.29, 0.717) is 6.61 Å². The van der Waals surface area contributed by atoms with E-state index >= 15 is 0 Å². The van der Waals surface area contributed by atoms with Crippen LogP contribution in [0.2, 0.25) is 0 Å². The molecule has 0 saturated carbocycles. The Bertz CT molecular complexity index is 450. The molecule has 0 aliphatic rings. The minimum Gasteiger partial charge on any atom is -0.467 e. The van der Waals surface area contributed by atoms with Crippen molar-refractivity contribution in [2.24, 2.45) is 5.92 Å². The zero-order valence-electron chi connectivity index (χ0n) is 15.8. The van der Waals surface area contributed by atoms with E-state index in [1.165, 1.54) is 7.11 Å². The number of hydrogen-bond donors (Lipinski definition) is 3. The van der Waals surface area contributed by atoms with Crippen molar-refractivity contribution < 1.29 is 28.6 Å². The fourth-order valence-corrected chi connectivity index (χ4v) is 1.91. The van der Waals surface area contributed by atoms with E-state index in [2.05, 4.69) is 28.0 Å². The number of ether oxygens (including phenoxy) is 3. The lowest BCUT2D eigenvalue weighted by molar-refractivity contribution is -0.147. The Kier molecular flexibility index (Phi) is 10.5. The van der Waals surface area contributed by atoms with Gasteiger partial charge in [0.1, 0.15) is 11.6 Å². The van der Waals surface area contributed by atoms with Crippen LogP contribution in [-0.4, -0.2) is 61.7 Å². The first kappa shape index (κ1) is 23.5. The Hall–Kier alpha value is -1.48. The molecular formula is C16H30N2O6S. The molecule has 0 aliphatic heterocycles. The van der Waals surface area contributed by atoms with Gasteiger partial charge < -0.3 is 24.8 Å². The molecule has 0 aromatic rings. The van der Waals surface area contributed by atoms with Crippen LogP contribution in [-0.2, 0) is 23.8 Å². The zero-order chi connectivity index (χ0) is 19.6. The number of alkyl carbamates (subject to hydrolysis) is 1. The number of rotatable bonds is 9. The quantitative estimate of drug-likeness (QED) is 0.411. The van der Waals surface area contributed by atoms with Crippen LogP contribution in [0.4, 0.5) is 4.79 Å². The average molecular weight is 378 g/mol. The first-order valence-electron chi connectivity index (χ1n) is 8.06. The van der Waals surface area contributed by atoms with Crippen LogP contribution < -0.4 is 10.6 Å². The molecule has 0 saturated heterocycles. The van der Waals surface area contributed by atoms with Crippen LogP contribution in [0.3, 0.4) is 0 Å². The number of carbonyl (C=O) groups excluding carboxylic acids is 3. The highest BCUT2D eigenvalue weighted by Gasteiger charge is 2.28. The third kappa shape index (κ3) is 10.9. The predicted octanol–water partition coefficient (Wildman–Crippen LogP) is 1.14. The van der Waals surface area contributed by atoms with Gasteiger partial charge in [-0.2, -0.15) is 12.6 Å². The third-order valence-corrected chi connectivity index (χ3v) is 3.09. The number of nitrogens with one attached hydrogen (secondary N) is 2. The number of hydrogen-bond acceptors (Lipinski definition) is 7. The van der Waals surface area contributed by atoms with E-state index in [9.17, 15) is 14.4 Å². The van der Waals surface area contributed by atoms with Crippen molar-refractivity contribution >= 4 is 30.6 Å². The molecule has 0 fully saturated rings. The topological polar surface area (TPSA) is 103 Å². The predicted molar refractivity (Wildman–Crippen MR) is 96.6 cm³/mol. The molecule has 2 amide bonds. The van der Waals surface area contributed by atoms with Gasteiger partial charge in [-0.15, -0.1) is 0 Å². The Labute approximate surface area is 154 Å². The summed E-state index contributed by atoms with van der Waals surface area (Å²) in [5.74, 6) is -0.893. The van der Waals surface area contributed by atoms with Crippen molar-refractivity contribution in [3.05, 3.63) is 0 Å². The molecule has 0 radical (unpaired) electrons. The minimum absolute atomic E-state index is 0.0255. The van der Waals surface area contributed by atoms with Crippen molar-refractivity contribution in [2.75, 3.05) is 26.1 Å². The SMILES string of the molecule is COC(=O)C(COCC(C)C)NC(=O)C(CS)NC(=O)OC(C)(C)C. The monoisotopic (exact) mass is 378 g/mol. The molecule has 2 atom stereocenters. The average Bonchev–Trinajstić information content (AvgIpc) is 2.48. The highest BCUT2D eigenvalue weighted by Crippen LogP contribution is 2.07.